The van der Waals surface area contributed by atoms with E-state index < -0.39 is 5.38 Å². The molecule has 0 bridgehead atoms. The highest BCUT2D eigenvalue weighted by Crippen LogP contribution is 2.11. The number of alkyl halides is 1. The van der Waals surface area contributed by atoms with Crippen LogP contribution < -0.4 is 0 Å². The van der Waals surface area contributed by atoms with Crippen molar-refractivity contribution in [1.29, 1.82) is 0 Å². The Morgan fingerprint density at radius 3 is 2.62 bits per heavy atom. The molecule has 0 spiro atoms. The Kier molecular flexibility index (Phi) is 3.56. The fourth-order valence-corrected chi connectivity index (χ4v) is 1.82. The summed E-state index contributed by atoms with van der Waals surface area (Å²) in [5.74, 6) is 0.0577. The zero-order valence-corrected chi connectivity index (χ0v) is 9.21. The van der Waals surface area contributed by atoms with Crippen LogP contribution in [0.1, 0.15) is 13.8 Å². The van der Waals surface area contributed by atoms with Crippen LogP contribution in [0.25, 0.3) is 0 Å². The Morgan fingerprint density at radius 2 is 2.15 bits per heavy atom. The van der Waals surface area contributed by atoms with Crippen molar-refractivity contribution in [3.05, 3.63) is 0 Å². The molecule has 76 valence electrons. The highest BCUT2D eigenvalue weighted by atomic mass is 35.5. The van der Waals surface area contributed by atoms with Gasteiger partial charge in [0.05, 0.1) is 0 Å². The van der Waals surface area contributed by atoms with E-state index >= 15 is 0 Å². The van der Waals surface area contributed by atoms with Crippen LogP contribution in [0, 0.1) is 0 Å². The Balaban J connectivity index is 2.56. The predicted octanol–water partition coefficient (Wildman–Crippen LogP) is 0.776. The molecule has 1 amide bonds. The number of rotatable bonds is 1. The van der Waals surface area contributed by atoms with E-state index in [0.717, 1.165) is 19.6 Å². The minimum absolute atomic E-state index is 0.0577. The number of likely N-dealkylation sites (N-methyl/N-ethyl adjacent to an activating group) is 1. The molecule has 1 saturated heterocycles. The fourth-order valence-electron chi connectivity index (χ4n) is 1.70. The lowest BCUT2D eigenvalue weighted by Crippen LogP contribution is -2.54. The van der Waals surface area contributed by atoms with E-state index in [4.69, 9.17) is 11.6 Å². The summed E-state index contributed by atoms with van der Waals surface area (Å²) in [6, 6.07) is 0.285. The van der Waals surface area contributed by atoms with Crippen LogP contribution in [0.5, 0.6) is 0 Å². The molecule has 0 aromatic carbocycles. The van der Waals surface area contributed by atoms with Crippen molar-refractivity contribution in [3.8, 4) is 0 Å². The second kappa shape index (κ2) is 4.29. The maximum absolute atomic E-state index is 11.6. The van der Waals surface area contributed by atoms with Crippen molar-refractivity contribution in [3.63, 3.8) is 0 Å². The van der Waals surface area contributed by atoms with Gasteiger partial charge in [-0.3, -0.25) is 4.79 Å². The number of carbonyl (C=O) groups excluding carboxylic acids is 1. The van der Waals surface area contributed by atoms with Crippen molar-refractivity contribution in [2.24, 2.45) is 0 Å². The van der Waals surface area contributed by atoms with Crippen LogP contribution >= 0.6 is 11.6 Å². The van der Waals surface area contributed by atoms with Gasteiger partial charge in [-0.1, -0.05) is 0 Å². The molecule has 0 aromatic rings. The van der Waals surface area contributed by atoms with Crippen LogP contribution in [0.4, 0.5) is 0 Å². The van der Waals surface area contributed by atoms with Crippen molar-refractivity contribution in [2.75, 3.05) is 26.7 Å². The first kappa shape index (κ1) is 10.8. The molecular formula is C9H17ClN2O. The summed E-state index contributed by atoms with van der Waals surface area (Å²) >= 11 is 5.76. The Labute approximate surface area is 84.6 Å². The highest BCUT2D eigenvalue weighted by molar-refractivity contribution is 6.30. The van der Waals surface area contributed by atoms with Gasteiger partial charge in [-0.15, -0.1) is 11.6 Å². The van der Waals surface area contributed by atoms with Crippen LogP contribution in [-0.4, -0.2) is 53.8 Å². The lowest BCUT2D eigenvalue weighted by Gasteiger charge is -2.38. The molecule has 0 aliphatic carbocycles. The van der Waals surface area contributed by atoms with Crippen molar-refractivity contribution in [2.45, 2.75) is 25.3 Å². The predicted molar refractivity (Wildman–Crippen MR) is 54.0 cm³/mol. The number of hydrogen-bond donors (Lipinski definition) is 0. The molecule has 13 heavy (non-hydrogen) atoms. The van der Waals surface area contributed by atoms with E-state index in [2.05, 4.69) is 18.9 Å². The molecule has 4 heteroatoms. The summed E-state index contributed by atoms with van der Waals surface area (Å²) in [5, 5.41) is -0.397. The van der Waals surface area contributed by atoms with Gasteiger partial charge in [-0.25, -0.2) is 0 Å². The second-order valence-electron chi connectivity index (χ2n) is 3.76. The number of hydrogen-bond acceptors (Lipinski definition) is 2. The average Bonchev–Trinajstić information content (AvgIpc) is 2.03. The van der Waals surface area contributed by atoms with Crippen molar-refractivity contribution in [1.82, 2.24) is 9.80 Å². The topological polar surface area (TPSA) is 23.6 Å². The maximum Gasteiger partial charge on any atom is 0.240 e. The Bertz CT molecular complexity index is 196. The molecule has 1 aliphatic heterocycles. The Hall–Kier alpha value is -0.280. The van der Waals surface area contributed by atoms with Gasteiger partial charge in [0.1, 0.15) is 5.38 Å². The number of piperazine rings is 1. The largest absolute Gasteiger partial charge is 0.336 e. The van der Waals surface area contributed by atoms with Gasteiger partial charge < -0.3 is 9.80 Å². The van der Waals surface area contributed by atoms with E-state index in [1.165, 1.54) is 0 Å². The van der Waals surface area contributed by atoms with E-state index in [-0.39, 0.29) is 11.9 Å². The van der Waals surface area contributed by atoms with Gasteiger partial charge in [0, 0.05) is 25.7 Å². The smallest absolute Gasteiger partial charge is 0.240 e. The molecule has 1 heterocycles. The minimum atomic E-state index is -0.397. The molecule has 0 saturated carbocycles. The van der Waals surface area contributed by atoms with Crippen molar-refractivity contribution < 1.29 is 4.79 Å². The summed E-state index contributed by atoms with van der Waals surface area (Å²) in [6.07, 6.45) is 0. The number of amides is 1. The van der Waals surface area contributed by atoms with Gasteiger partial charge in [-0.2, -0.15) is 0 Å². The first-order valence-corrected chi connectivity index (χ1v) is 5.09. The van der Waals surface area contributed by atoms with Crippen LogP contribution in [0.3, 0.4) is 0 Å². The molecule has 0 aromatic heterocycles. The number of carbonyl (C=O) groups is 1. The molecule has 2 atom stereocenters. The normalized spacial score (nSPS) is 27.4. The molecular weight excluding hydrogens is 188 g/mol. The van der Waals surface area contributed by atoms with Crippen LogP contribution in [-0.2, 0) is 4.79 Å². The minimum Gasteiger partial charge on any atom is -0.336 e. The molecule has 2 unspecified atom stereocenters. The van der Waals surface area contributed by atoms with E-state index in [1.807, 2.05) is 4.90 Å². The lowest BCUT2D eigenvalue weighted by atomic mass is 10.2. The molecule has 1 aliphatic rings. The standard InChI is InChI=1S/C9H17ClN2O/c1-7-6-11(3)4-5-12(7)9(13)8(2)10/h7-8H,4-6H2,1-3H3. The zero-order valence-electron chi connectivity index (χ0n) is 8.46. The lowest BCUT2D eigenvalue weighted by molar-refractivity contribution is -0.134. The average molecular weight is 205 g/mol. The summed E-state index contributed by atoms with van der Waals surface area (Å²) < 4.78 is 0. The molecule has 1 rings (SSSR count). The molecule has 3 nitrogen and oxygen atoms in total. The zero-order chi connectivity index (χ0) is 10.0. The summed E-state index contributed by atoms with van der Waals surface area (Å²) in [6.45, 7) is 6.48. The first-order chi connectivity index (χ1) is 6.02. The third-order valence-corrected chi connectivity index (χ3v) is 2.64. The van der Waals surface area contributed by atoms with Gasteiger partial charge >= 0.3 is 0 Å². The fraction of sp³-hybridized carbons (Fsp3) is 0.889. The summed E-state index contributed by atoms with van der Waals surface area (Å²) in [7, 11) is 2.07. The van der Waals surface area contributed by atoms with Gasteiger partial charge in [0.2, 0.25) is 5.91 Å². The van der Waals surface area contributed by atoms with Crippen LogP contribution in [0.15, 0.2) is 0 Å². The van der Waals surface area contributed by atoms with E-state index in [9.17, 15) is 4.79 Å². The first-order valence-electron chi connectivity index (χ1n) is 4.65. The third kappa shape index (κ3) is 2.58. The van der Waals surface area contributed by atoms with Gasteiger partial charge in [0.15, 0.2) is 0 Å². The number of halogens is 1. The number of nitrogens with zero attached hydrogens (tertiary/aromatic N) is 2. The van der Waals surface area contributed by atoms with E-state index in [1.54, 1.807) is 6.92 Å². The molecule has 0 N–H and O–H groups in total. The van der Waals surface area contributed by atoms with E-state index in [0.29, 0.717) is 0 Å². The summed E-state index contributed by atoms with van der Waals surface area (Å²) in [5.41, 5.74) is 0. The molecule has 0 radical (unpaired) electrons. The summed E-state index contributed by atoms with van der Waals surface area (Å²) in [4.78, 5) is 15.7. The third-order valence-electron chi connectivity index (χ3n) is 2.45. The highest BCUT2D eigenvalue weighted by Gasteiger charge is 2.27. The van der Waals surface area contributed by atoms with Crippen LogP contribution in [0.2, 0.25) is 0 Å². The SMILES string of the molecule is CC(Cl)C(=O)N1CCN(C)CC1C. The van der Waals surface area contributed by atoms with Gasteiger partial charge in [0.25, 0.3) is 0 Å². The monoisotopic (exact) mass is 204 g/mol. The molecule has 1 fully saturated rings. The maximum atomic E-state index is 11.6. The Morgan fingerprint density at radius 1 is 1.54 bits per heavy atom. The van der Waals surface area contributed by atoms with Gasteiger partial charge in [-0.05, 0) is 20.9 Å². The quantitative estimate of drug-likeness (QED) is 0.590. The van der Waals surface area contributed by atoms with Crippen molar-refractivity contribution >= 4 is 17.5 Å². The second-order valence-corrected chi connectivity index (χ2v) is 4.41.